The van der Waals surface area contributed by atoms with Crippen molar-refractivity contribution in [2.75, 3.05) is 0 Å². The van der Waals surface area contributed by atoms with Gasteiger partial charge >= 0.3 is 0 Å². The van der Waals surface area contributed by atoms with Gasteiger partial charge in [0.25, 0.3) is 0 Å². The molecule has 1 saturated carbocycles. The van der Waals surface area contributed by atoms with Gasteiger partial charge in [-0.25, -0.2) is 0 Å². The van der Waals surface area contributed by atoms with Gasteiger partial charge in [0.2, 0.25) is 5.91 Å². The number of amides is 1. The first kappa shape index (κ1) is 15.1. The molecule has 1 N–H and O–H groups in total. The molecule has 3 rings (SSSR count). The summed E-state index contributed by atoms with van der Waals surface area (Å²) in [6.07, 6.45) is 4.06. The van der Waals surface area contributed by atoms with E-state index in [2.05, 4.69) is 17.4 Å². The lowest BCUT2D eigenvalue weighted by Crippen LogP contribution is -2.42. The van der Waals surface area contributed by atoms with E-state index in [9.17, 15) is 4.79 Å². The summed E-state index contributed by atoms with van der Waals surface area (Å²) >= 11 is 6.17. The van der Waals surface area contributed by atoms with Gasteiger partial charge in [0.05, 0.1) is 5.41 Å². The van der Waals surface area contributed by atoms with E-state index in [1.165, 1.54) is 0 Å². The molecular weight excluding hydrogens is 294 g/mol. The molecule has 0 atom stereocenters. The highest BCUT2D eigenvalue weighted by Gasteiger charge is 2.42. The van der Waals surface area contributed by atoms with Crippen LogP contribution < -0.4 is 5.32 Å². The quantitative estimate of drug-likeness (QED) is 0.886. The Labute approximate surface area is 136 Å². The minimum Gasteiger partial charge on any atom is -0.351 e. The zero-order chi connectivity index (χ0) is 15.4. The third-order valence-corrected chi connectivity index (χ3v) is 4.98. The van der Waals surface area contributed by atoms with Crippen molar-refractivity contribution in [1.82, 2.24) is 5.32 Å². The first-order valence-corrected chi connectivity index (χ1v) is 8.17. The summed E-state index contributed by atoms with van der Waals surface area (Å²) < 4.78 is 0. The Morgan fingerprint density at radius 2 is 1.64 bits per heavy atom. The first-order chi connectivity index (χ1) is 10.7. The van der Waals surface area contributed by atoms with Crippen molar-refractivity contribution in [1.29, 1.82) is 0 Å². The zero-order valence-electron chi connectivity index (χ0n) is 12.5. The minimum atomic E-state index is -0.373. The molecule has 0 heterocycles. The van der Waals surface area contributed by atoms with Crippen LogP contribution in [0.3, 0.4) is 0 Å². The van der Waals surface area contributed by atoms with Gasteiger partial charge in [-0.15, -0.1) is 0 Å². The first-order valence-electron chi connectivity index (χ1n) is 7.80. The summed E-state index contributed by atoms with van der Waals surface area (Å²) in [6, 6.07) is 17.8. The SMILES string of the molecule is O=C(NCc1ccccc1Cl)C1(c2ccccc2)CCCC1. The summed E-state index contributed by atoms with van der Waals surface area (Å²) in [7, 11) is 0. The van der Waals surface area contributed by atoms with Crippen molar-refractivity contribution in [3.8, 4) is 0 Å². The van der Waals surface area contributed by atoms with Crippen LogP contribution in [0, 0.1) is 0 Å². The predicted molar refractivity (Wildman–Crippen MR) is 89.9 cm³/mol. The molecule has 0 aromatic heterocycles. The number of carbonyl (C=O) groups is 1. The molecule has 1 aliphatic carbocycles. The van der Waals surface area contributed by atoms with Crippen LogP contribution in [0.5, 0.6) is 0 Å². The number of nitrogens with one attached hydrogen (secondary N) is 1. The van der Waals surface area contributed by atoms with Crippen LogP contribution in [-0.2, 0) is 16.8 Å². The van der Waals surface area contributed by atoms with Gasteiger partial charge in [-0.2, -0.15) is 0 Å². The van der Waals surface area contributed by atoms with E-state index in [1.807, 2.05) is 42.5 Å². The Kier molecular flexibility index (Phi) is 4.49. The van der Waals surface area contributed by atoms with Gasteiger partial charge in [-0.05, 0) is 30.0 Å². The van der Waals surface area contributed by atoms with E-state index in [0.717, 1.165) is 36.8 Å². The van der Waals surface area contributed by atoms with Crippen LogP contribution in [0.2, 0.25) is 5.02 Å². The standard InChI is InChI=1S/C19H20ClNO/c20-17-11-5-4-8-15(17)14-21-18(22)19(12-6-7-13-19)16-9-2-1-3-10-16/h1-5,8-11H,6-7,12-14H2,(H,21,22). The molecule has 1 amide bonds. The van der Waals surface area contributed by atoms with Crippen LogP contribution >= 0.6 is 11.6 Å². The molecule has 0 saturated heterocycles. The molecule has 114 valence electrons. The molecule has 2 aromatic carbocycles. The third-order valence-electron chi connectivity index (χ3n) is 4.62. The highest BCUT2D eigenvalue weighted by atomic mass is 35.5. The summed E-state index contributed by atoms with van der Waals surface area (Å²) in [6.45, 7) is 0.479. The lowest BCUT2D eigenvalue weighted by molar-refractivity contribution is -0.126. The van der Waals surface area contributed by atoms with Crippen molar-refractivity contribution in [3.63, 3.8) is 0 Å². The molecule has 0 radical (unpaired) electrons. The predicted octanol–water partition coefficient (Wildman–Crippen LogP) is 4.47. The molecular formula is C19H20ClNO. The molecule has 3 heteroatoms. The normalized spacial score (nSPS) is 16.4. The Balaban J connectivity index is 1.78. The Bertz CT molecular complexity index is 647. The summed E-state index contributed by atoms with van der Waals surface area (Å²) in [4.78, 5) is 12.9. The maximum Gasteiger partial charge on any atom is 0.230 e. The van der Waals surface area contributed by atoms with Gasteiger partial charge in [-0.1, -0.05) is 73.0 Å². The molecule has 2 nitrogen and oxygen atoms in total. The molecule has 0 spiro atoms. The molecule has 22 heavy (non-hydrogen) atoms. The van der Waals surface area contributed by atoms with Crippen LogP contribution in [0.15, 0.2) is 54.6 Å². The van der Waals surface area contributed by atoms with E-state index >= 15 is 0 Å². The lowest BCUT2D eigenvalue weighted by atomic mass is 9.78. The van der Waals surface area contributed by atoms with E-state index in [0.29, 0.717) is 11.6 Å². The molecule has 2 aromatic rings. The van der Waals surface area contributed by atoms with Crippen molar-refractivity contribution in [2.24, 2.45) is 0 Å². The van der Waals surface area contributed by atoms with Gasteiger partial charge in [0.1, 0.15) is 0 Å². The smallest absolute Gasteiger partial charge is 0.230 e. The van der Waals surface area contributed by atoms with Crippen molar-refractivity contribution < 1.29 is 4.79 Å². The Morgan fingerprint density at radius 3 is 2.32 bits per heavy atom. The van der Waals surface area contributed by atoms with Crippen LogP contribution in [-0.4, -0.2) is 5.91 Å². The highest BCUT2D eigenvalue weighted by Crippen LogP contribution is 2.41. The number of halogens is 1. The number of rotatable bonds is 4. The van der Waals surface area contributed by atoms with E-state index in [-0.39, 0.29) is 11.3 Å². The number of benzene rings is 2. The van der Waals surface area contributed by atoms with E-state index in [4.69, 9.17) is 11.6 Å². The minimum absolute atomic E-state index is 0.121. The fourth-order valence-corrected chi connectivity index (χ4v) is 3.57. The van der Waals surface area contributed by atoms with Crippen molar-refractivity contribution in [3.05, 3.63) is 70.7 Å². The molecule has 0 aliphatic heterocycles. The fraction of sp³-hybridized carbons (Fsp3) is 0.316. The number of hydrogen-bond acceptors (Lipinski definition) is 1. The summed E-state index contributed by atoms with van der Waals surface area (Å²) in [5.74, 6) is 0.121. The average Bonchev–Trinajstić information content (AvgIpc) is 3.06. The second-order valence-corrected chi connectivity index (χ2v) is 6.34. The highest BCUT2D eigenvalue weighted by molar-refractivity contribution is 6.31. The molecule has 1 fully saturated rings. The van der Waals surface area contributed by atoms with E-state index < -0.39 is 0 Å². The summed E-state index contributed by atoms with van der Waals surface area (Å²) in [5.41, 5.74) is 1.71. The number of carbonyl (C=O) groups excluding carboxylic acids is 1. The van der Waals surface area contributed by atoms with Gasteiger partial charge < -0.3 is 5.32 Å². The van der Waals surface area contributed by atoms with Crippen LogP contribution in [0.1, 0.15) is 36.8 Å². The second-order valence-electron chi connectivity index (χ2n) is 5.93. The average molecular weight is 314 g/mol. The van der Waals surface area contributed by atoms with Crippen molar-refractivity contribution in [2.45, 2.75) is 37.6 Å². The van der Waals surface area contributed by atoms with Gasteiger partial charge in [0.15, 0.2) is 0 Å². The van der Waals surface area contributed by atoms with Gasteiger partial charge in [0, 0.05) is 11.6 Å². The Hall–Kier alpha value is -1.80. The van der Waals surface area contributed by atoms with Crippen LogP contribution in [0.4, 0.5) is 0 Å². The largest absolute Gasteiger partial charge is 0.351 e. The topological polar surface area (TPSA) is 29.1 Å². The monoisotopic (exact) mass is 313 g/mol. The zero-order valence-corrected chi connectivity index (χ0v) is 13.3. The maximum absolute atomic E-state index is 12.9. The lowest BCUT2D eigenvalue weighted by Gasteiger charge is -2.28. The second kappa shape index (κ2) is 6.53. The molecule has 0 bridgehead atoms. The molecule has 1 aliphatic rings. The summed E-state index contributed by atoms with van der Waals surface area (Å²) in [5, 5.41) is 3.79. The number of hydrogen-bond donors (Lipinski definition) is 1. The fourth-order valence-electron chi connectivity index (χ4n) is 3.37. The van der Waals surface area contributed by atoms with Crippen LogP contribution in [0.25, 0.3) is 0 Å². The maximum atomic E-state index is 12.9. The third kappa shape index (κ3) is 2.89. The van der Waals surface area contributed by atoms with E-state index in [1.54, 1.807) is 0 Å². The van der Waals surface area contributed by atoms with Crippen molar-refractivity contribution >= 4 is 17.5 Å². The molecule has 0 unspecified atom stereocenters. The Morgan fingerprint density at radius 1 is 1.00 bits per heavy atom. The van der Waals surface area contributed by atoms with Gasteiger partial charge in [-0.3, -0.25) is 4.79 Å².